The van der Waals surface area contributed by atoms with Crippen LogP contribution in [0.25, 0.3) is 0 Å². The number of fused-ring (bicyclic) bond motifs is 2. The van der Waals surface area contributed by atoms with Gasteiger partial charge in [0.15, 0.2) is 5.11 Å². The van der Waals surface area contributed by atoms with Gasteiger partial charge in [0.25, 0.3) is 0 Å². The summed E-state index contributed by atoms with van der Waals surface area (Å²) in [4.78, 5) is 2.20. The molecule has 0 spiro atoms. The van der Waals surface area contributed by atoms with Gasteiger partial charge in [-0.05, 0) is 67.6 Å². The largest absolute Gasteiger partial charge is 0.360 e. The molecule has 1 aliphatic heterocycles. The van der Waals surface area contributed by atoms with Gasteiger partial charge in [0.2, 0.25) is 10.0 Å². The van der Waals surface area contributed by atoms with E-state index in [4.69, 9.17) is 12.2 Å². The summed E-state index contributed by atoms with van der Waals surface area (Å²) in [5, 5.41) is 4.27. The Bertz CT molecular complexity index is 776. The van der Waals surface area contributed by atoms with E-state index in [2.05, 4.69) is 10.2 Å². The Morgan fingerprint density at radius 3 is 2.35 bits per heavy atom. The lowest BCUT2D eigenvalue weighted by atomic mass is 9.95. The Labute approximate surface area is 159 Å². The third-order valence-electron chi connectivity index (χ3n) is 6.02. The van der Waals surface area contributed by atoms with Crippen LogP contribution in [0.3, 0.4) is 0 Å². The third-order valence-corrected chi connectivity index (χ3v) is 8.31. The normalized spacial score (nSPS) is 29.1. The van der Waals surface area contributed by atoms with Crippen LogP contribution < -0.4 is 5.32 Å². The third kappa shape index (κ3) is 3.46. The number of hydrogen-bond acceptors (Lipinski definition) is 3. The van der Waals surface area contributed by atoms with Gasteiger partial charge in [0, 0.05) is 32.2 Å². The van der Waals surface area contributed by atoms with E-state index in [9.17, 15) is 12.8 Å². The summed E-state index contributed by atoms with van der Waals surface area (Å²) in [7, 11) is -3.58. The van der Waals surface area contributed by atoms with E-state index >= 15 is 0 Å². The molecular weight excluding hydrogens is 373 g/mol. The summed E-state index contributed by atoms with van der Waals surface area (Å²) in [6.07, 6.45) is 5.19. The number of sulfonamides is 1. The van der Waals surface area contributed by atoms with Crippen molar-refractivity contribution in [2.45, 2.75) is 36.6 Å². The van der Waals surface area contributed by atoms with Gasteiger partial charge in [-0.1, -0.05) is 6.42 Å². The molecule has 2 bridgehead atoms. The molecule has 1 N–H and O–H groups in total. The molecule has 0 unspecified atom stereocenters. The first-order chi connectivity index (χ1) is 12.4. The van der Waals surface area contributed by atoms with E-state index in [1.807, 2.05) is 0 Å². The molecule has 2 aliphatic carbocycles. The maximum absolute atomic E-state index is 13.0. The fourth-order valence-corrected chi connectivity index (χ4v) is 6.31. The second kappa shape index (κ2) is 7.05. The highest BCUT2D eigenvalue weighted by Crippen LogP contribution is 2.44. The minimum Gasteiger partial charge on any atom is -0.360 e. The van der Waals surface area contributed by atoms with Crippen LogP contribution in [-0.4, -0.2) is 55.0 Å². The van der Waals surface area contributed by atoms with Crippen molar-refractivity contribution in [2.75, 3.05) is 26.2 Å². The summed E-state index contributed by atoms with van der Waals surface area (Å²) < 4.78 is 39.9. The molecule has 0 aromatic heterocycles. The summed E-state index contributed by atoms with van der Waals surface area (Å²) in [5.41, 5.74) is 0. The number of halogens is 1. The molecule has 3 fully saturated rings. The Morgan fingerprint density at radius 2 is 1.77 bits per heavy atom. The summed E-state index contributed by atoms with van der Waals surface area (Å²) in [5.74, 6) is 1.17. The topological polar surface area (TPSA) is 52.7 Å². The summed E-state index contributed by atoms with van der Waals surface area (Å²) >= 11 is 5.57. The van der Waals surface area contributed by atoms with Crippen LogP contribution in [0, 0.1) is 17.7 Å². The van der Waals surface area contributed by atoms with Crippen molar-refractivity contribution in [1.82, 2.24) is 14.5 Å². The van der Waals surface area contributed by atoms with Crippen LogP contribution in [0.1, 0.15) is 25.7 Å². The highest BCUT2D eigenvalue weighted by Gasteiger charge is 2.40. The highest BCUT2D eigenvalue weighted by atomic mass is 32.2. The van der Waals surface area contributed by atoms with Crippen LogP contribution >= 0.6 is 12.2 Å². The van der Waals surface area contributed by atoms with Crippen LogP contribution in [0.15, 0.2) is 29.2 Å². The zero-order valence-electron chi connectivity index (χ0n) is 14.6. The Balaban J connectivity index is 1.33. The van der Waals surface area contributed by atoms with Crippen molar-refractivity contribution in [3.63, 3.8) is 0 Å². The molecule has 2 saturated carbocycles. The quantitative estimate of drug-likeness (QED) is 0.793. The SMILES string of the molecule is O=S(=O)(c1ccc(F)cc1)N1CCN(C(=S)N[C@@H]2C[C@H]3CC[C@@H]2C3)CC1. The van der Waals surface area contributed by atoms with E-state index in [0.29, 0.717) is 32.2 Å². The molecule has 8 heteroatoms. The average Bonchev–Trinajstić information content (AvgIpc) is 3.25. The van der Waals surface area contributed by atoms with Crippen molar-refractivity contribution in [2.24, 2.45) is 11.8 Å². The monoisotopic (exact) mass is 397 g/mol. The highest BCUT2D eigenvalue weighted by molar-refractivity contribution is 7.89. The number of thiocarbonyl (C=S) groups is 1. The van der Waals surface area contributed by atoms with Crippen LogP contribution in [0.4, 0.5) is 4.39 Å². The van der Waals surface area contributed by atoms with Gasteiger partial charge in [0.1, 0.15) is 5.82 Å². The second-order valence-electron chi connectivity index (χ2n) is 7.58. The summed E-state index contributed by atoms with van der Waals surface area (Å²) in [6, 6.07) is 5.48. The molecule has 1 aromatic carbocycles. The number of nitrogens with one attached hydrogen (secondary N) is 1. The fraction of sp³-hybridized carbons (Fsp3) is 0.611. The zero-order chi connectivity index (χ0) is 18.3. The van der Waals surface area contributed by atoms with Crippen molar-refractivity contribution < 1.29 is 12.8 Å². The number of nitrogens with zero attached hydrogens (tertiary/aromatic N) is 2. The molecule has 142 valence electrons. The fourth-order valence-electron chi connectivity index (χ4n) is 4.56. The summed E-state index contributed by atoms with van der Waals surface area (Å²) in [6.45, 7) is 1.93. The van der Waals surface area contributed by atoms with E-state index in [1.165, 1.54) is 54.3 Å². The first kappa shape index (κ1) is 18.1. The molecule has 3 atom stereocenters. The van der Waals surface area contributed by atoms with Crippen LogP contribution in [-0.2, 0) is 10.0 Å². The molecule has 5 nitrogen and oxygen atoms in total. The van der Waals surface area contributed by atoms with Gasteiger partial charge < -0.3 is 10.2 Å². The molecular formula is C18H24FN3O2S2. The first-order valence-corrected chi connectivity index (χ1v) is 11.1. The smallest absolute Gasteiger partial charge is 0.243 e. The van der Waals surface area contributed by atoms with Crippen molar-refractivity contribution in [3.05, 3.63) is 30.1 Å². The van der Waals surface area contributed by atoms with E-state index in [0.717, 1.165) is 16.9 Å². The molecule has 4 rings (SSSR count). The standard InChI is InChI=1S/C18H24FN3O2S2/c19-15-3-5-16(6-4-15)26(23,24)22-9-7-21(8-10-22)18(25)20-17-12-13-1-2-14(17)11-13/h3-6,13-14,17H,1-2,7-12H2,(H,20,25)/t13-,14+,17+/m0/s1. The molecule has 0 radical (unpaired) electrons. The maximum Gasteiger partial charge on any atom is 0.243 e. The van der Waals surface area contributed by atoms with E-state index < -0.39 is 15.8 Å². The lowest BCUT2D eigenvalue weighted by Crippen LogP contribution is -2.54. The molecule has 1 saturated heterocycles. The first-order valence-electron chi connectivity index (χ1n) is 9.24. The number of benzene rings is 1. The Hall–Kier alpha value is -1.25. The lowest BCUT2D eigenvalue weighted by Gasteiger charge is -2.37. The molecule has 3 aliphatic rings. The lowest BCUT2D eigenvalue weighted by molar-refractivity contribution is 0.258. The molecule has 1 heterocycles. The van der Waals surface area contributed by atoms with E-state index in [-0.39, 0.29) is 4.90 Å². The van der Waals surface area contributed by atoms with Gasteiger partial charge >= 0.3 is 0 Å². The van der Waals surface area contributed by atoms with E-state index in [1.54, 1.807) is 0 Å². The maximum atomic E-state index is 13.0. The van der Waals surface area contributed by atoms with Crippen molar-refractivity contribution in [1.29, 1.82) is 0 Å². The second-order valence-corrected chi connectivity index (χ2v) is 9.90. The van der Waals surface area contributed by atoms with Crippen LogP contribution in [0.2, 0.25) is 0 Å². The van der Waals surface area contributed by atoms with Gasteiger partial charge in [-0.25, -0.2) is 12.8 Å². The average molecular weight is 398 g/mol. The Morgan fingerprint density at radius 1 is 1.08 bits per heavy atom. The predicted molar refractivity (Wildman–Crippen MR) is 102 cm³/mol. The van der Waals surface area contributed by atoms with Crippen LogP contribution in [0.5, 0.6) is 0 Å². The molecule has 1 aromatic rings. The minimum atomic E-state index is -3.58. The van der Waals surface area contributed by atoms with Gasteiger partial charge in [-0.2, -0.15) is 4.31 Å². The molecule has 26 heavy (non-hydrogen) atoms. The molecule has 0 amide bonds. The zero-order valence-corrected chi connectivity index (χ0v) is 16.2. The Kier molecular flexibility index (Phi) is 4.92. The van der Waals surface area contributed by atoms with Gasteiger partial charge in [0.05, 0.1) is 4.90 Å². The van der Waals surface area contributed by atoms with Gasteiger partial charge in [-0.3, -0.25) is 0 Å². The number of piperazine rings is 1. The predicted octanol–water partition coefficient (Wildman–Crippen LogP) is 2.20. The minimum absolute atomic E-state index is 0.134. The van der Waals surface area contributed by atoms with Crippen molar-refractivity contribution >= 4 is 27.4 Å². The van der Waals surface area contributed by atoms with Gasteiger partial charge in [-0.15, -0.1) is 0 Å². The number of rotatable bonds is 3. The van der Waals surface area contributed by atoms with Crippen molar-refractivity contribution in [3.8, 4) is 0 Å². The number of hydrogen-bond donors (Lipinski definition) is 1.